The SMILES string of the molecule is CN(CC(F)(F)F)S(=O)(=O)Cc1cccc(CN)c1. The van der Waals surface area contributed by atoms with E-state index >= 15 is 0 Å². The summed E-state index contributed by atoms with van der Waals surface area (Å²) in [6, 6.07) is 6.45. The Labute approximate surface area is 110 Å². The molecule has 0 unspecified atom stereocenters. The molecule has 0 aromatic heterocycles. The minimum Gasteiger partial charge on any atom is -0.326 e. The van der Waals surface area contributed by atoms with E-state index < -0.39 is 28.5 Å². The van der Waals surface area contributed by atoms with Gasteiger partial charge in [0.2, 0.25) is 10.0 Å². The molecule has 0 heterocycles. The lowest BCUT2D eigenvalue weighted by atomic mass is 10.1. The fourth-order valence-corrected chi connectivity index (χ4v) is 2.68. The van der Waals surface area contributed by atoms with Crippen LogP contribution in [0.4, 0.5) is 13.2 Å². The number of nitrogens with two attached hydrogens (primary N) is 1. The van der Waals surface area contributed by atoms with Gasteiger partial charge in [0.25, 0.3) is 0 Å². The molecule has 0 fully saturated rings. The first-order chi connectivity index (χ1) is 8.64. The zero-order chi connectivity index (χ0) is 14.7. The molecule has 0 atom stereocenters. The number of hydrogen-bond donors (Lipinski definition) is 1. The summed E-state index contributed by atoms with van der Waals surface area (Å²) in [4.78, 5) is 0. The van der Waals surface area contributed by atoms with Gasteiger partial charge in [0.05, 0.1) is 5.75 Å². The van der Waals surface area contributed by atoms with Crippen LogP contribution in [0.1, 0.15) is 11.1 Å². The van der Waals surface area contributed by atoms with E-state index in [1.165, 1.54) is 6.07 Å². The average molecular weight is 296 g/mol. The predicted molar refractivity (Wildman–Crippen MR) is 65.6 cm³/mol. The zero-order valence-corrected chi connectivity index (χ0v) is 11.1. The highest BCUT2D eigenvalue weighted by atomic mass is 32.2. The smallest absolute Gasteiger partial charge is 0.326 e. The molecule has 108 valence electrons. The third kappa shape index (κ3) is 5.17. The summed E-state index contributed by atoms with van der Waals surface area (Å²) in [6.07, 6.45) is -4.55. The van der Waals surface area contributed by atoms with Gasteiger partial charge in [-0.25, -0.2) is 8.42 Å². The van der Waals surface area contributed by atoms with Crippen LogP contribution in [0.5, 0.6) is 0 Å². The molecule has 0 radical (unpaired) electrons. The molecule has 4 nitrogen and oxygen atoms in total. The number of alkyl halides is 3. The molecule has 0 aliphatic carbocycles. The van der Waals surface area contributed by atoms with E-state index in [1.54, 1.807) is 18.2 Å². The summed E-state index contributed by atoms with van der Waals surface area (Å²) in [5, 5.41) is 0. The molecule has 0 amide bonds. The van der Waals surface area contributed by atoms with Crippen LogP contribution in [-0.2, 0) is 22.3 Å². The highest BCUT2D eigenvalue weighted by Crippen LogP contribution is 2.19. The number of sulfonamides is 1. The second-order valence-electron chi connectivity index (χ2n) is 4.15. The predicted octanol–water partition coefficient (Wildman–Crippen LogP) is 1.47. The molecule has 1 aromatic carbocycles. The molecule has 0 aliphatic rings. The van der Waals surface area contributed by atoms with Crippen molar-refractivity contribution in [3.8, 4) is 0 Å². The van der Waals surface area contributed by atoms with Crippen LogP contribution in [0.25, 0.3) is 0 Å². The van der Waals surface area contributed by atoms with Crippen LogP contribution < -0.4 is 5.73 Å². The number of benzene rings is 1. The van der Waals surface area contributed by atoms with Gasteiger partial charge < -0.3 is 5.73 Å². The van der Waals surface area contributed by atoms with E-state index in [0.29, 0.717) is 9.87 Å². The number of rotatable bonds is 5. The molecule has 0 saturated carbocycles. The topological polar surface area (TPSA) is 63.4 Å². The fraction of sp³-hybridized carbons (Fsp3) is 0.455. The maximum Gasteiger partial charge on any atom is 0.402 e. The Morgan fingerprint density at radius 1 is 1.26 bits per heavy atom. The molecule has 8 heteroatoms. The number of hydrogen-bond acceptors (Lipinski definition) is 3. The lowest BCUT2D eigenvalue weighted by molar-refractivity contribution is -0.134. The Morgan fingerprint density at radius 2 is 1.84 bits per heavy atom. The lowest BCUT2D eigenvalue weighted by Crippen LogP contribution is -2.36. The Balaban J connectivity index is 2.84. The van der Waals surface area contributed by atoms with Crippen molar-refractivity contribution in [2.24, 2.45) is 5.73 Å². The molecule has 0 aliphatic heterocycles. The third-order valence-electron chi connectivity index (χ3n) is 2.45. The summed E-state index contributed by atoms with van der Waals surface area (Å²) in [5.41, 5.74) is 6.56. The third-order valence-corrected chi connectivity index (χ3v) is 4.23. The first kappa shape index (κ1) is 15.9. The summed E-state index contributed by atoms with van der Waals surface area (Å²) in [7, 11) is -3.09. The van der Waals surface area contributed by atoms with Crippen molar-refractivity contribution in [3.63, 3.8) is 0 Å². The van der Waals surface area contributed by atoms with Crippen molar-refractivity contribution in [2.45, 2.75) is 18.5 Å². The summed E-state index contributed by atoms with van der Waals surface area (Å²) in [5.74, 6) is -0.479. The Hall–Kier alpha value is -1.12. The van der Waals surface area contributed by atoms with Gasteiger partial charge >= 0.3 is 6.18 Å². The van der Waals surface area contributed by atoms with Crippen LogP contribution in [0, 0.1) is 0 Å². The van der Waals surface area contributed by atoms with Crippen LogP contribution in [0.3, 0.4) is 0 Å². The van der Waals surface area contributed by atoms with E-state index in [9.17, 15) is 21.6 Å². The minimum atomic E-state index is -4.55. The van der Waals surface area contributed by atoms with Crippen molar-refractivity contribution < 1.29 is 21.6 Å². The van der Waals surface area contributed by atoms with Gasteiger partial charge in [-0.3, -0.25) is 0 Å². The molecule has 2 N–H and O–H groups in total. The van der Waals surface area contributed by atoms with Crippen molar-refractivity contribution in [3.05, 3.63) is 35.4 Å². The van der Waals surface area contributed by atoms with Gasteiger partial charge in [0.1, 0.15) is 6.54 Å². The fourth-order valence-electron chi connectivity index (χ4n) is 1.52. The molecule has 0 saturated heterocycles. The first-order valence-corrected chi connectivity index (χ1v) is 7.03. The van der Waals surface area contributed by atoms with Crippen molar-refractivity contribution in [1.29, 1.82) is 0 Å². The monoisotopic (exact) mass is 296 g/mol. The second-order valence-corrected chi connectivity index (χ2v) is 6.23. The summed E-state index contributed by atoms with van der Waals surface area (Å²) >= 11 is 0. The highest BCUT2D eigenvalue weighted by molar-refractivity contribution is 7.88. The molecule has 19 heavy (non-hydrogen) atoms. The van der Waals surface area contributed by atoms with Gasteiger partial charge in [0, 0.05) is 13.6 Å². The van der Waals surface area contributed by atoms with Gasteiger partial charge in [-0.2, -0.15) is 17.5 Å². The second kappa shape index (κ2) is 5.89. The Bertz CT molecular complexity index is 529. The minimum absolute atomic E-state index is 0.242. The van der Waals surface area contributed by atoms with Gasteiger partial charge in [-0.05, 0) is 11.1 Å². The van der Waals surface area contributed by atoms with Crippen molar-refractivity contribution >= 4 is 10.0 Å². The maximum atomic E-state index is 12.2. The Kier molecular flexibility index (Phi) is 4.94. The van der Waals surface area contributed by atoms with Gasteiger partial charge in [0.15, 0.2) is 0 Å². The normalized spacial score (nSPS) is 12.9. The first-order valence-electron chi connectivity index (χ1n) is 5.43. The lowest BCUT2D eigenvalue weighted by Gasteiger charge is -2.18. The van der Waals surface area contributed by atoms with E-state index in [-0.39, 0.29) is 6.54 Å². The summed E-state index contributed by atoms with van der Waals surface area (Å²) in [6.45, 7) is -1.25. The quantitative estimate of drug-likeness (QED) is 0.895. The molecule has 1 aromatic rings. The molecule has 0 spiro atoms. The van der Waals surface area contributed by atoms with Crippen molar-refractivity contribution in [1.82, 2.24) is 4.31 Å². The summed E-state index contributed by atoms with van der Waals surface area (Å²) < 4.78 is 60.4. The largest absolute Gasteiger partial charge is 0.402 e. The molecule has 1 rings (SSSR count). The highest BCUT2D eigenvalue weighted by Gasteiger charge is 2.34. The molecule has 0 bridgehead atoms. The van der Waals surface area contributed by atoms with Crippen molar-refractivity contribution in [2.75, 3.05) is 13.6 Å². The van der Waals surface area contributed by atoms with Crippen LogP contribution in [0.2, 0.25) is 0 Å². The standard InChI is InChI=1S/C11H15F3N2O2S/c1-16(8-11(12,13)14)19(17,18)7-10-4-2-3-9(5-10)6-15/h2-5H,6-8,15H2,1H3. The average Bonchev–Trinajstić information content (AvgIpc) is 2.26. The van der Waals surface area contributed by atoms with Crippen LogP contribution >= 0.6 is 0 Å². The van der Waals surface area contributed by atoms with Gasteiger partial charge in [-0.15, -0.1) is 0 Å². The maximum absolute atomic E-state index is 12.2. The van der Waals surface area contributed by atoms with Crippen LogP contribution in [-0.4, -0.2) is 32.5 Å². The zero-order valence-electron chi connectivity index (χ0n) is 10.3. The number of halogens is 3. The van der Waals surface area contributed by atoms with Crippen LogP contribution in [0.15, 0.2) is 24.3 Å². The van der Waals surface area contributed by atoms with E-state index in [0.717, 1.165) is 12.6 Å². The van der Waals surface area contributed by atoms with E-state index in [4.69, 9.17) is 5.73 Å². The molecular formula is C11H15F3N2O2S. The Morgan fingerprint density at radius 3 is 2.37 bits per heavy atom. The van der Waals surface area contributed by atoms with Gasteiger partial charge in [-0.1, -0.05) is 24.3 Å². The number of nitrogens with zero attached hydrogens (tertiary/aromatic N) is 1. The van der Waals surface area contributed by atoms with E-state index in [1.807, 2.05) is 0 Å². The van der Waals surface area contributed by atoms with E-state index in [2.05, 4.69) is 0 Å². The molecular weight excluding hydrogens is 281 g/mol.